The molecule has 1 aliphatic heterocycles. The summed E-state index contributed by atoms with van der Waals surface area (Å²) >= 11 is 0. The maximum atomic E-state index is 13.5. The van der Waals surface area contributed by atoms with Gasteiger partial charge in [-0.25, -0.2) is 4.39 Å². The van der Waals surface area contributed by atoms with Crippen molar-refractivity contribution in [2.45, 2.75) is 51.9 Å². The monoisotopic (exact) mass is 294 g/mol. The van der Waals surface area contributed by atoms with Crippen molar-refractivity contribution in [1.82, 2.24) is 0 Å². The molecule has 1 heterocycles. The van der Waals surface area contributed by atoms with E-state index in [4.69, 9.17) is 10.5 Å². The van der Waals surface area contributed by atoms with Gasteiger partial charge in [0.2, 0.25) is 0 Å². The van der Waals surface area contributed by atoms with Crippen LogP contribution in [0.5, 0.6) is 0 Å². The minimum atomic E-state index is -0.338. The van der Waals surface area contributed by atoms with Crippen LogP contribution in [0.4, 0.5) is 10.1 Å². The summed E-state index contributed by atoms with van der Waals surface area (Å²) in [6.45, 7) is 11.9. The zero-order valence-corrected chi connectivity index (χ0v) is 13.7. The summed E-state index contributed by atoms with van der Waals surface area (Å²) in [5.74, 6) is -0.0202. The van der Waals surface area contributed by atoms with E-state index in [1.807, 2.05) is 19.9 Å². The summed E-state index contributed by atoms with van der Waals surface area (Å²) in [6.07, 6.45) is 0. The largest absolute Gasteiger partial charge is 0.371 e. The van der Waals surface area contributed by atoms with Gasteiger partial charge in [-0.15, -0.1) is 0 Å². The molecule has 21 heavy (non-hydrogen) atoms. The molecule has 2 unspecified atom stereocenters. The first kappa shape index (κ1) is 16.2. The zero-order chi connectivity index (χ0) is 15.8. The molecule has 0 aliphatic carbocycles. The van der Waals surface area contributed by atoms with Gasteiger partial charge < -0.3 is 15.4 Å². The van der Waals surface area contributed by atoms with E-state index < -0.39 is 0 Å². The third-order valence-corrected chi connectivity index (χ3v) is 4.63. The van der Waals surface area contributed by atoms with Crippen molar-refractivity contribution in [2.75, 3.05) is 18.0 Å². The molecule has 0 aromatic heterocycles. The fraction of sp³-hybridized carbons (Fsp3) is 0.647. The van der Waals surface area contributed by atoms with Crippen molar-refractivity contribution in [1.29, 1.82) is 0 Å². The van der Waals surface area contributed by atoms with Gasteiger partial charge in [-0.05, 0) is 52.8 Å². The van der Waals surface area contributed by atoms with E-state index >= 15 is 0 Å². The first-order valence-corrected chi connectivity index (χ1v) is 7.63. The van der Waals surface area contributed by atoms with Crippen LogP contribution in [0.25, 0.3) is 0 Å². The number of hydrogen-bond donors (Lipinski definition) is 1. The Morgan fingerprint density at radius 2 is 1.90 bits per heavy atom. The predicted molar refractivity (Wildman–Crippen MR) is 85.0 cm³/mol. The number of nitrogens with two attached hydrogens (primary N) is 1. The van der Waals surface area contributed by atoms with Crippen LogP contribution in [0.15, 0.2) is 24.3 Å². The average Bonchev–Trinajstić information content (AvgIpc) is 2.52. The van der Waals surface area contributed by atoms with E-state index in [9.17, 15) is 4.39 Å². The van der Waals surface area contributed by atoms with E-state index in [2.05, 4.69) is 25.7 Å². The van der Waals surface area contributed by atoms with Gasteiger partial charge in [-0.3, -0.25) is 0 Å². The van der Waals surface area contributed by atoms with Gasteiger partial charge in [-0.2, -0.15) is 0 Å². The number of halogens is 1. The molecule has 118 valence electrons. The smallest absolute Gasteiger partial charge is 0.125 e. The summed E-state index contributed by atoms with van der Waals surface area (Å²) in [7, 11) is 0. The van der Waals surface area contributed by atoms with Gasteiger partial charge in [0.05, 0.1) is 11.2 Å². The van der Waals surface area contributed by atoms with Crippen LogP contribution < -0.4 is 10.6 Å². The Kier molecular flexibility index (Phi) is 4.31. The van der Waals surface area contributed by atoms with Crippen LogP contribution >= 0.6 is 0 Å². The Morgan fingerprint density at radius 1 is 1.24 bits per heavy atom. The standard InChI is InChI=1S/C17H27FN2O/c1-6-20(13-9-7-8-12(18)10-13)11-14-15(19)17(4,5)21-16(14,2)3/h7-10,14-15H,6,11,19H2,1-5H3. The molecule has 0 amide bonds. The summed E-state index contributed by atoms with van der Waals surface area (Å²) < 4.78 is 19.6. The Hall–Kier alpha value is -1.13. The molecule has 1 fully saturated rings. The minimum absolute atomic E-state index is 0.0462. The molecule has 0 bridgehead atoms. The van der Waals surface area contributed by atoms with Gasteiger partial charge in [0, 0.05) is 30.7 Å². The van der Waals surface area contributed by atoms with E-state index in [-0.39, 0.29) is 29.0 Å². The van der Waals surface area contributed by atoms with E-state index in [1.54, 1.807) is 12.1 Å². The number of ether oxygens (including phenoxy) is 1. The second kappa shape index (κ2) is 5.58. The van der Waals surface area contributed by atoms with Crippen molar-refractivity contribution in [2.24, 2.45) is 11.7 Å². The maximum Gasteiger partial charge on any atom is 0.125 e. The predicted octanol–water partition coefficient (Wildman–Crippen LogP) is 3.18. The summed E-state index contributed by atoms with van der Waals surface area (Å²) in [4.78, 5) is 2.17. The van der Waals surface area contributed by atoms with Crippen molar-refractivity contribution in [3.63, 3.8) is 0 Å². The first-order valence-electron chi connectivity index (χ1n) is 7.63. The number of rotatable bonds is 4. The summed E-state index contributed by atoms with van der Waals surface area (Å²) in [5, 5.41) is 0. The van der Waals surface area contributed by atoms with E-state index in [1.165, 1.54) is 6.07 Å². The SMILES string of the molecule is CCN(CC1C(N)C(C)(C)OC1(C)C)c1cccc(F)c1. The van der Waals surface area contributed by atoms with Gasteiger partial charge >= 0.3 is 0 Å². The van der Waals surface area contributed by atoms with Crippen molar-refractivity contribution in [3.8, 4) is 0 Å². The quantitative estimate of drug-likeness (QED) is 0.927. The molecule has 0 saturated carbocycles. The molecule has 1 aliphatic rings. The van der Waals surface area contributed by atoms with Gasteiger partial charge in [0.1, 0.15) is 5.82 Å². The highest BCUT2D eigenvalue weighted by molar-refractivity contribution is 5.46. The van der Waals surface area contributed by atoms with Gasteiger partial charge in [-0.1, -0.05) is 6.07 Å². The number of anilines is 1. The molecular weight excluding hydrogens is 267 g/mol. The van der Waals surface area contributed by atoms with Gasteiger partial charge in [0.15, 0.2) is 0 Å². The Balaban J connectivity index is 2.22. The van der Waals surface area contributed by atoms with Crippen LogP contribution in [-0.2, 0) is 4.74 Å². The molecule has 0 radical (unpaired) electrons. The second-order valence-corrected chi connectivity index (χ2v) is 6.96. The van der Waals surface area contributed by atoms with Crippen LogP contribution in [0.3, 0.4) is 0 Å². The third kappa shape index (κ3) is 3.22. The minimum Gasteiger partial charge on any atom is -0.371 e. The summed E-state index contributed by atoms with van der Waals surface area (Å²) in [5.41, 5.74) is 6.69. The molecule has 1 aromatic carbocycles. The molecule has 3 nitrogen and oxygen atoms in total. The Labute approximate surface area is 127 Å². The van der Waals surface area contributed by atoms with Crippen LogP contribution in [0.1, 0.15) is 34.6 Å². The summed E-state index contributed by atoms with van der Waals surface area (Å²) in [6, 6.07) is 6.67. The zero-order valence-electron chi connectivity index (χ0n) is 13.7. The van der Waals surface area contributed by atoms with Crippen molar-refractivity contribution < 1.29 is 9.13 Å². The molecule has 2 atom stereocenters. The Morgan fingerprint density at radius 3 is 2.38 bits per heavy atom. The number of benzene rings is 1. The molecular formula is C17H27FN2O. The van der Waals surface area contributed by atoms with Crippen LogP contribution in [0.2, 0.25) is 0 Å². The third-order valence-electron chi connectivity index (χ3n) is 4.63. The van der Waals surface area contributed by atoms with Gasteiger partial charge in [0.25, 0.3) is 0 Å². The molecule has 1 saturated heterocycles. The lowest BCUT2D eigenvalue weighted by atomic mass is 9.82. The normalized spacial score (nSPS) is 26.8. The van der Waals surface area contributed by atoms with E-state index in [0.29, 0.717) is 0 Å². The fourth-order valence-corrected chi connectivity index (χ4v) is 3.40. The maximum absolute atomic E-state index is 13.5. The Bertz CT molecular complexity index is 501. The lowest BCUT2D eigenvalue weighted by molar-refractivity contribution is -0.0757. The second-order valence-electron chi connectivity index (χ2n) is 6.96. The molecule has 1 aromatic rings. The fourth-order valence-electron chi connectivity index (χ4n) is 3.40. The molecule has 0 spiro atoms. The highest BCUT2D eigenvalue weighted by atomic mass is 19.1. The van der Waals surface area contributed by atoms with Crippen molar-refractivity contribution in [3.05, 3.63) is 30.1 Å². The molecule has 4 heteroatoms. The average molecular weight is 294 g/mol. The van der Waals surface area contributed by atoms with E-state index in [0.717, 1.165) is 18.8 Å². The van der Waals surface area contributed by atoms with Crippen LogP contribution in [-0.4, -0.2) is 30.3 Å². The number of nitrogens with zero attached hydrogens (tertiary/aromatic N) is 1. The molecule has 2 N–H and O–H groups in total. The number of hydrogen-bond acceptors (Lipinski definition) is 3. The molecule has 2 rings (SSSR count). The highest BCUT2D eigenvalue weighted by Gasteiger charge is 2.52. The lowest BCUT2D eigenvalue weighted by Gasteiger charge is -2.34. The first-order chi connectivity index (χ1) is 9.67. The van der Waals surface area contributed by atoms with Crippen molar-refractivity contribution >= 4 is 5.69 Å². The van der Waals surface area contributed by atoms with Crippen LogP contribution in [0, 0.1) is 11.7 Å². The highest BCUT2D eigenvalue weighted by Crippen LogP contribution is 2.41. The lowest BCUT2D eigenvalue weighted by Crippen LogP contribution is -2.48. The topological polar surface area (TPSA) is 38.5 Å².